The van der Waals surface area contributed by atoms with Crippen molar-refractivity contribution in [3.63, 3.8) is 0 Å². The molecule has 1 aromatic rings. The molecule has 0 nitrogen and oxygen atoms in total. The summed E-state index contributed by atoms with van der Waals surface area (Å²) < 4.78 is 0. The summed E-state index contributed by atoms with van der Waals surface area (Å²) in [6.45, 7) is 0. The van der Waals surface area contributed by atoms with Crippen molar-refractivity contribution < 1.29 is 0 Å². The standard InChI is InChI=1S/C11H10/c1-2-3-5-8-11-9-6-4-7-10-11/h1,4-10H,3H2. The molecule has 0 unspecified atom stereocenters. The third-order valence-corrected chi connectivity index (χ3v) is 1.35. The third kappa shape index (κ3) is 2.73. The predicted molar refractivity (Wildman–Crippen MR) is 48.9 cm³/mol. The summed E-state index contributed by atoms with van der Waals surface area (Å²) >= 11 is 0. The van der Waals surface area contributed by atoms with E-state index in [1.807, 2.05) is 42.5 Å². The lowest BCUT2D eigenvalue weighted by atomic mass is 10.2. The van der Waals surface area contributed by atoms with Gasteiger partial charge in [-0.3, -0.25) is 0 Å². The topological polar surface area (TPSA) is 0 Å². The van der Waals surface area contributed by atoms with Gasteiger partial charge in [0, 0.05) is 6.42 Å². The Morgan fingerprint density at radius 1 is 1.27 bits per heavy atom. The number of benzene rings is 1. The molecule has 0 radical (unpaired) electrons. The summed E-state index contributed by atoms with van der Waals surface area (Å²) in [5, 5.41) is 0. The third-order valence-electron chi connectivity index (χ3n) is 1.35. The van der Waals surface area contributed by atoms with Crippen molar-refractivity contribution in [3.05, 3.63) is 42.0 Å². The van der Waals surface area contributed by atoms with E-state index in [0.717, 1.165) is 0 Å². The zero-order valence-corrected chi connectivity index (χ0v) is 6.33. The number of allylic oxidation sites excluding steroid dienone is 1. The first-order chi connectivity index (χ1) is 5.43. The Morgan fingerprint density at radius 3 is 2.64 bits per heavy atom. The average molecular weight is 142 g/mol. The normalized spacial score (nSPS) is 9.73. The largest absolute Gasteiger partial charge is 0.120 e. The molecule has 0 heteroatoms. The second-order valence-corrected chi connectivity index (χ2v) is 2.22. The number of rotatable bonds is 2. The fourth-order valence-electron chi connectivity index (χ4n) is 0.827. The molecule has 0 saturated carbocycles. The molecular formula is C11H10. The van der Waals surface area contributed by atoms with Crippen molar-refractivity contribution in [2.45, 2.75) is 6.42 Å². The number of hydrogen-bond donors (Lipinski definition) is 0. The molecule has 0 aromatic heterocycles. The minimum Gasteiger partial charge on any atom is -0.120 e. The fourth-order valence-corrected chi connectivity index (χ4v) is 0.827. The highest BCUT2D eigenvalue weighted by molar-refractivity contribution is 5.48. The van der Waals surface area contributed by atoms with E-state index in [-0.39, 0.29) is 0 Å². The number of terminal acetylenes is 1. The van der Waals surface area contributed by atoms with Crippen molar-refractivity contribution in [1.29, 1.82) is 0 Å². The monoisotopic (exact) mass is 142 g/mol. The van der Waals surface area contributed by atoms with Crippen molar-refractivity contribution in [2.24, 2.45) is 0 Å². The Morgan fingerprint density at radius 2 is 2.00 bits per heavy atom. The van der Waals surface area contributed by atoms with Crippen LogP contribution in [0.5, 0.6) is 0 Å². The van der Waals surface area contributed by atoms with Gasteiger partial charge in [0.15, 0.2) is 0 Å². The Bertz CT molecular complexity index is 262. The van der Waals surface area contributed by atoms with Gasteiger partial charge in [0.1, 0.15) is 0 Å². The maximum absolute atomic E-state index is 5.09. The number of hydrogen-bond acceptors (Lipinski definition) is 0. The van der Waals surface area contributed by atoms with Crippen LogP contribution in [0.15, 0.2) is 36.4 Å². The molecular weight excluding hydrogens is 132 g/mol. The summed E-state index contributed by atoms with van der Waals surface area (Å²) in [4.78, 5) is 0. The quantitative estimate of drug-likeness (QED) is 0.557. The molecule has 0 atom stereocenters. The Kier molecular flexibility index (Phi) is 3.02. The van der Waals surface area contributed by atoms with Crippen molar-refractivity contribution in [3.8, 4) is 12.3 Å². The predicted octanol–water partition coefficient (Wildman–Crippen LogP) is 2.72. The van der Waals surface area contributed by atoms with E-state index in [9.17, 15) is 0 Å². The summed E-state index contributed by atoms with van der Waals surface area (Å²) in [5.74, 6) is 2.55. The first kappa shape index (κ1) is 7.63. The fraction of sp³-hybridized carbons (Fsp3) is 0.0909. The molecule has 0 aliphatic carbocycles. The van der Waals surface area contributed by atoms with Gasteiger partial charge in [0.05, 0.1) is 0 Å². The van der Waals surface area contributed by atoms with E-state index in [4.69, 9.17) is 6.42 Å². The van der Waals surface area contributed by atoms with Crippen LogP contribution < -0.4 is 0 Å². The van der Waals surface area contributed by atoms with Gasteiger partial charge in [-0.25, -0.2) is 0 Å². The van der Waals surface area contributed by atoms with E-state index < -0.39 is 0 Å². The maximum Gasteiger partial charge on any atom is 0.0270 e. The molecule has 0 aliphatic heterocycles. The van der Waals surface area contributed by atoms with Crippen LogP contribution in [0, 0.1) is 12.3 Å². The maximum atomic E-state index is 5.09. The van der Waals surface area contributed by atoms with E-state index in [2.05, 4.69) is 5.92 Å². The van der Waals surface area contributed by atoms with Crippen LogP contribution in [0.3, 0.4) is 0 Å². The van der Waals surface area contributed by atoms with Crippen LogP contribution in [-0.2, 0) is 0 Å². The van der Waals surface area contributed by atoms with E-state index in [0.29, 0.717) is 6.42 Å². The minimum absolute atomic E-state index is 0.703. The molecule has 1 rings (SSSR count). The van der Waals surface area contributed by atoms with Crippen molar-refractivity contribution >= 4 is 6.08 Å². The highest BCUT2D eigenvalue weighted by Crippen LogP contribution is 2.00. The van der Waals surface area contributed by atoms with Crippen LogP contribution in [0.4, 0.5) is 0 Å². The first-order valence-electron chi connectivity index (χ1n) is 3.58. The molecule has 0 fully saturated rings. The van der Waals surface area contributed by atoms with Crippen LogP contribution in [0.25, 0.3) is 6.08 Å². The molecule has 0 bridgehead atoms. The van der Waals surface area contributed by atoms with Gasteiger partial charge in [-0.1, -0.05) is 42.5 Å². The zero-order valence-electron chi connectivity index (χ0n) is 6.33. The Hall–Kier alpha value is -1.48. The van der Waals surface area contributed by atoms with Crippen LogP contribution >= 0.6 is 0 Å². The lowest BCUT2D eigenvalue weighted by Gasteiger charge is -1.88. The minimum atomic E-state index is 0.703. The van der Waals surface area contributed by atoms with Crippen molar-refractivity contribution in [2.75, 3.05) is 0 Å². The van der Waals surface area contributed by atoms with E-state index in [1.54, 1.807) is 0 Å². The summed E-state index contributed by atoms with van der Waals surface area (Å²) in [7, 11) is 0. The second-order valence-electron chi connectivity index (χ2n) is 2.22. The zero-order chi connectivity index (χ0) is 7.94. The molecule has 0 spiro atoms. The lowest BCUT2D eigenvalue weighted by Crippen LogP contribution is -1.67. The van der Waals surface area contributed by atoms with Crippen molar-refractivity contribution in [1.82, 2.24) is 0 Å². The average Bonchev–Trinajstić information content (AvgIpc) is 2.07. The summed E-state index contributed by atoms with van der Waals surface area (Å²) in [6, 6.07) is 10.1. The second kappa shape index (κ2) is 4.35. The van der Waals surface area contributed by atoms with Gasteiger partial charge in [-0.15, -0.1) is 12.3 Å². The van der Waals surface area contributed by atoms with E-state index in [1.165, 1.54) is 5.56 Å². The molecule has 54 valence electrons. The highest BCUT2D eigenvalue weighted by Gasteiger charge is 1.79. The smallest absolute Gasteiger partial charge is 0.0270 e. The summed E-state index contributed by atoms with van der Waals surface area (Å²) in [5.41, 5.74) is 1.20. The molecule has 0 heterocycles. The van der Waals surface area contributed by atoms with Gasteiger partial charge in [0.25, 0.3) is 0 Å². The van der Waals surface area contributed by atoms with E-state index >= 15 is 0 Å². The van der Waals surface area contributed by atoms with Crippen LogP contribution in [0.2, 0.25) is 0 Å². The SMILES string of the molecule is C#CCC=Cc1ccccc1. The molecule has 0 saturated heterocycles. The molecule has 0 N–H and O–H groups in total. The Labute approximate surface area is 67.6 Å². The van der Waals surface area contributed by atoms with Gasteiger partial charge in [-0.05, 0) is 5.56 Å². The lowest BCUT2D eigenvalue weighted by molar-refractivity contribution is 1.49. The van der Waals surface area contributed by atoms with Crippen LogP contribution in [-0.4, -0.2) is 0 Å². The Balaban J connectivity index is 2.59. The molecule has 0 aliphatic rings. The van der Waals surface area contributed by atoms with Gasteiger partial charge in [-0.2, -0.15) is 0 Å². The van der Waals surface area contributed by atoms with Gasteiger partial charge >= 0.3 is 0 Å². The molecule has 1 aromatic carbocycles. The molecule has 11 heavy (non-hydrogen) atoms. The van der Waals surface area contributed by atoms with Gasteiger partial charge in [0.2, 0.25) is 0 Å². The first-order valence-corrected chi connectivity index (χ1v) is 3.58. The molecule has 0 amide bonds. The van der Waals surface area contributed by atoms with Gasteiger partial charge < -0.3 is 0 Å². The summed E-state index contributed by atoms with van der Waals surface area (Å²) in [6.07, 6.45) is 9.80. The van der Waals surface area contributed by atoms with Crippen LogP contribution in [0.1, 0.15) is 12.0 Å². The highest BCUT2D eigenvalue weighted by atomic mass is 13.8.